The first-order valence-corrected chi connectivity index (χ1v) is 5.78. The Balaban J connectivity index is 2.35. The van der Waals surface area contributed by atoms with E-state index in [1.54, 1.807) is 0 Å². The number of nitrogens with zero attached hydrogens (tertiary/aromatic N) is 1. The number of alkyl halides is 1. The minimum absolute atomic E-state index is 0.226. The summed E-state index contributed by atoms with van der Waals surface area (Å²) in [6.45, 7) is 1.91. The van der Waals surface area contributed by atoms with Gasteiger partial charge in [-0.25, -0.2) is 4.99 Å². The van der Waals surface area contributed by atoms with Gasteiger partial charge < -0.3 is 10.2 Å². The van der Waals surface area contributed by atoms with Crippen LogP contribution in [0.25, 0.3) is 11.3 Å². The number of halogens is 1. The topological polar surface area (TPSA) is 51.5 Å². The molecule has 17 heavy (non-hydrogen) atoms. The molecule has 3 nitrogen and oxygen atoms in total. The van der Waals surface area contributed by atoms with E-state index in [1.807, 2.05) is 43.3 Å². The Kier molecular flexibility index (Phi) is 3.49. The molecule has 0 atom stereocenters. The van der Waals surface area contributed by atoms with Crippen molar-refractivity contribution in [1.82, 2.24) is 0 Å². The highest BCUT2D eigenvalue weighted by Crippen LogP contribution is 2.25. The number of hydrogen-bond acceptors (Lipinski definition) is 2. The Hall–Kier alpha value is -1.74. The van der Waals surface area contributed by atoms with Gasteiger partial charge >= 0.3 is 0 Å². The van der Waals surface area contributed by atoms with Crippen LogP contribution in [0.2, 0.25) is 0 Å². The molecule has 2 N–H and O–H groups in total. The van der Waals surface area contributed by atoms with E-state index in [1.165, 1.54) is 0 Å². The standard InChI is InChI=1S/C13H13ClN2O/c1-9-5-6-12(17-9)10-3-2-4-11(7-10)16-13(15)8-14/h2-7H,8H2,1H3,(H2,15,16). The third-order valence-corrected chi connectivity index (χ3v) is 2.55. The lowest BCUT2D eigenvalue weighted by atomic mass is 10.1. The lowest BCUT2D eigenvalue weighted by Gasteiger charge is -2.00. The molecule has 0 saturated heterocycles. The minimum Gasteiger partial charge on any atom is -0.461 e. The Bertz CT molecular complexity index is 546. The molecule has 0 aliphatic heterocycles. The maximum Gasteiger partial charge on any atom is 0.134 e. The van der Waals surface area contributed by atoms with Gasteiger partial charge in [0.2, 0.25) is 0 Å². The van der Waals surface area contributed by atoms with Gasteiger partial charge in [0.05, 0.1) is 11.6 Å². The first-order chi connectivity index (χ1) is 8.19. The molecule has 1 aromatic carbocycles. The first-order valence-electron chi connectivity index (χ1n) is 5.25. The molecule has 0 saturated carbocycles. The summed E-state index contributed by atoms with van der Waals surface area (Å²) in [5, 5.41) is 0. The molecule has 2 rings (SSSR count). The predicted molar refractivity (Wildman–Crippen MR) is 70.9 cm³/mol. The number of aryl methyl sites for hydroxylation is 1. The van der Waals surface area contributed by atoms with Crippen molar-refractivity contribution in [1.29, 1.82) is 0 Å². The summed E-state index contributed by atoms with van der Waals surface area (Å²) in [5.41, 5.74) is 7.34. The van der Waals surface area contributed by atoms with Crippen molar-refractivity contribution in [3.63, 3.8) is 0 Å². The Morgan fingerprint density at radius 3 is 2.82 bits per heavy atom. The number of furan rings is 1. The van der Waals surface area contributed by atoms with E-state index in [9.17, 15) is 0 Å². The highest BCUT2D eigenvalue weighted by atomic mass is 35.5. The average Bonchev–Trinajstić information content (AvgIpc) is 2.76. The number of benzene rings is 1. The van der Waals surface area contributed by atoms with Gasteiger partial charge in [0.1, 0.15) is 17.4 Å². The van der Waals surface area contributed by atoms with Gasteiger partial charge in [-0.05, 0) is 31.2 Å². The van der Waals surface area contributed by atoms with Crippen molar-refractivity contribution in [3.8, 4) is 11.3 Å². The van der Waals surface area contributed by atoms with Crippen LogP contribution in [0.15, 0.2) is 45.8 Å². The zero-order chi connectivity index (χ0) is 12.3. The van der Waals surface area contributed by atoms with Gasteiger partial charge in [-0.1, -0.05) is 12.1 Å². The number of aliphatic imine (C=N–C) groups is 1. The summed E-state index contributed by atoms with van der Waals surface area (Å²) in [6.07, 6.45) is 0. The normalized spacial score (nSPS) is 11.8. The van der Waals surface area contributed by atoms with Crippen LogP contribution in [0, 0.1) is 6.92 Å². The highest BCUT2D eigenvalue weighted by Gasteiger charge is 2.03. The zero-order valence-corrected chi connectivity index (χ0v) is 10.2. The van der Waals surface area contributed by atoms with Crippen LogP contribution in [0.5, 0.6) is 0 Å². The Morgan fingerprint density at radius 2 is 2.18 bits per heavy atom. The van der Waals surface area contributed by atoms with E-state index in [0.29, 0.717) is 5.84 Å². The van der Waals surface area contributed by atoms with Crippen molar-refractivity contribution < 1.29 is 4.42 Å². The van der Waals surface area contributed by atoms with E-state index in [2.05, 4.69) is 4.99 Å². The van der Waals surface area contributed by atoms with Crippen LogP contribution in [-0.4, -0.2) is 11.7 Å². The fourth-order valence-electron chi connectivity index (χ4n) is 1.51. The van der Waals surface area contributed by atoms with Gasteiger partial charge in [0.25, 0.3) is 0 Å². The Labute approximate surface area is 105 Å². The smallest absolute Gasteiger partial charge is 0.134 e. The summed E-state index contributed by atoms with van der Waals surface area (Å²) in [7, 11) is 0. The van der Waals surface area contributed by atoms with Crippen LogP contribution >= 0.6 is 11.6 Å². The molecule has 0 fully saturated rings. The molecule has 0 amide bonds. The number of nitrogens with two attached hydrogens (primary N) is 1. The van der Waals surface area contributed by atoms with Crippen molar-refractivity contribution >= 4 is 23.1 Å². The van der Waals surface area contributed by atoms with Crippen molar-refractivity contribution in [2.45, 2.75) is 6.92 Å². The quantitative estimate of drug-likeness (QED) is 0.514. The van der Waals surface area contributed by atoms with E-state index in [0.717, 1.165) is 22.8 Å². The lowest BCUT2D eigenvalue weighted by Crippen LogP contribution is -2.12. The third-order valence-electron chi connectivity index (χ3n) is 2.28. The number of amidine groups is 1. The first kappa shape index (κ1) is 11.7. The lowest BCUT2D eigenvalue weighted by molar-refractivity contribution is 0.548. The van der Waals surface area contributed by atoms with E-state index in [4.69, 9.17) is 21.8 Å². The fraction of sp³-hybridized carbons (Fsp3) is 0.154. The molecule has 0 radical (unpaired) electrons. The molecule has 0 bridgehead atoms. The Morgan fingerprint density at radius 1 is 1.35 bits per heavy atom. The summed E-state index contributed by atoms with van der Waals surface area (Å²) >= 11 is 5.59. The third kappa shape index (κ3) is 2.88. The van der Waals surface area contributed by atoms with Crippen LogP contribution in [0.4, 0.5) is 5.69 Å². The monoisotopic (exact) mass is 248 g/mol. The number of rotatable bonds is 3. The highest BCUT2D eigenvalue weighted by molar-refractivity contribution is 6.28. The molecule has 0 aliphatic carbocycles. The second-order valence-electron chi connectivity index (χ2n) is 3.70. The second-order valence-corrected chi connectivity index (χ2v) is 3.96. The van der Waals surface area contributed by atoms with Gasteiger partial charge in [-0.15, -0.1) is 11.6 Å². The summed E-state index contributed by atoms with van der Waals surface area (Å²) < 4.78 is 5.55. The maximum atomic E-state index is 5.59. The van der Waals surface area contributed by atoms with Crippen molar-refractivity contribution in [2.75, 3.05) is 5.88 Å². The minimum atomic E-state index is 0.226. The summed E-state index contributed by atoms with van der Waals surface area (Å²) in [6, 6.07) is 11.5. The number of hydrogen-bond donors (Lipinski definition) is 1. The summed E-state index contributed by atoms with van der Waals surface area (Å²) in [4.78, 5) is 4.19. The van der Waals surface area contributed by atoms with Crippen LogP contribution in [0.1, 0.15) is 5.76 Å². The molecular weight excluding hydrogens is 236 g/mol. The van der Waals surface area contributed by atoms with Crippen molar-refractivity contribution in [3.05, 3.63) is 42.2 Å². The van der Waals surface area contributed by atoms with Gasteiger partial charge in [-0.2, -0.15) is 0 Å². The molecule has 4 heteroatoms. The molecule has 88 valence electrons. The van der Waals surface area contributed by atoms with Crippen LogP contribution in [0.3, 0.4) is 0 Å². The van der Waals surface area contributed by atoms with Gasteiger partial charge in [-0.3, -0.25) is 0 Å². The maximum absolute atomic E-state index is 5.59. The zero-order valence-electron chi connectivity index (χ0n) is 9.48. The van der Waals surface area contributed by atoms with E-state index < -0.39 is 0 Å². The van der Waals surface area contributed by atoms with Crippen LogP contribution < -0.4 is 5.73 Å². The molecular formula is C13H13ClN2O. The SMILES string of the molecule is Cc1ccc(-c2cccc(N=C(N)CCl)c2)o1. The molecule has 0 spiro atoms. The average molecular weight is 249 g/mol. The van der Waals surface area contributed by atoms with Gasteiger partial charge in [0.15, 0.2) is 0 Å². The van der Waals surface area contributed by atoms with E-state index in [-0.39, 0.29) is 5.88 Å². The van der Waals surface area contributed by atoms with Gasteiger partial charge in [0, 0.05) is 5.56 Å². The second kappa shape index (κ2) is 5.06. The molecule has 0 unspecified atom stereocenters. The van der Waals surface area contributed by atoms with E-state index >= 15 is 0 Å². The van der Waals surface area contributed by atoms with Crippen LogP contribution in [-0.2, 0) is 0 Å². The molecule has 0 aliphatic rings. The predicted octanol–water partition coefficient (Wildman–Crippen LogP) is 3.48. The molecule has 1 aromatic heterocycles. The fourth-order valence-corrected chi connectivity index (χ4v) is 1.57. The summed E-state index contributed by atoms with van der Waals surface area (Å²) in [5.74, 6) is 2.34. The molecule has 2 aromatic rings. The van der Waals surface area contributed by atoms with Crippen molar-refractivity contribution in [2.24, 2.45) is 10.7 Å². The molecule has 1 heterocycles. The largest absolute Gasteiger partial charge is 0.461 e.